The molecule has 0 aromatic carbocycles. The average molecular weight is 504 g/mol. The third-order valence-electron chi connectivity index (χ3n) is 9.53. The van der Waals surface area contributed by atoms with Crippen LogP contribution in [0.5, 0.6) is 0 Å². The summed E-state index contributed by atoms with van der Waals surface area (Å²) < 4.78 is 28.7. The van der Waals surface area contributed by atoms with Gasteiger partial charge in [-0.15, -0.1) is 11.6 Å². The standard InChI is InChI=1S/C24H44ClN5O2S/c25-21-4-6-23(7-5-21)33(31,32)27-16-22-15-19-8-10-30(22)18-20(19)17-28-11-13-29(14-12-28)24-3-1-2-9-26-24/h19-24,26-27H,1-18H2/p+2/t19-,20+,21?,22+,23?,24?/m0/s1. The molecule has 5 heterocycles. The lowest BCUT2D eigenvalue weighted by Crippen LogP contribution is -3.20. The molecule has 0 aromatic rings. The topological polar surface area (TPSA) is 73.7 Å². The van der Waals surface area contributed by atoms with Crippen LogP contribution < -0.4 is 14.9 Å². The zero-order valence-electron chi connectivity index (χ0n) is 20.3. The van der Waals surface area contributed by atoms with Crippen LogP contribution in [0.15, 0.2) is 0 Å². The van der Waals surface area contributed by atoms with Crippen LogP contribution in [0.4, 0.5) is 0 Å². The highest BCUT2D eigenvalue weighted by molar-refractivity contribution is 7.90. The molecule has 5 atom stereocenters. The molecule has 33 heavy (non-hydrogen) atoms. The third-order valence-corrected chi connectivity index (χ3v) is 11.9. The van der Waals surface area contributed by atoms with Crippen molar-refractivity contribution >= 4 is 21.6 Å². The molecule has 4 N–H and O–H groups in total. The Morgan fingerprint density at radius 1 is 1.00 bits per heavy atom. The number of piperazine rings is 1. The molecule has 6 aliphatic rings. The minimum absolute atomic E-state index is 0.159. The van der Waals surface area contributed by atoms with Crippen LogP contribution in [0.3, 0.4) is 0 Å². The maximum Gasteiger partial charge on any atom is 0.214 e. The lowest BCUT2D eigenvalue weighted by molar-refractivity contribution is -0.945. The van der Waals surface area contributed by atoms with E-state index >= 15 is 0 Å². The summed E-state index contributed by atoms with van der Waals surface area (Å²) in [5.74, 6) is 1.56. The minimum Gasteiger partial charge on any atom is -0.331 e. The van der Waals surface area contributed by atoms with Crippen molar-refractivity contribution in [2.45, 2.75) is 80.6 Å². The van der Waals surface area contributed by atoms with Gasteiger partial charge in [0.15, 0.2) is 0 Å². The van der Waals surface area contributed by atoms with Crippen LogP contribution in [0.1, 0.15) is 57.8 Å². The van der Waals surface area contributed by atoms with Crippen LogP contribution >= 0.6 is 11.6 Å². The first kappa shape index (κ1) is 24.7. The van der Waals surface area contributed by atoms with E-state index in [4.69, 9.17) is 11.6 Å². The highest BCUT2D eigenvalue weighted by atomic mass is 35.5. The summed E-state index contributed by atoms with van der Waals surface area (Å²) in [7, 11) is -3.21. The number of nitrogens with one attached hydrogen (secondary N) is 2. The van der Waals surface area contributed by atoms with E-state index in [2.05, 4.69) is 19.8 Å². The molecule has 0 aromatic heterocycles. The van der Waals surface area contributed by atoms with Crippen molar-refractivity contribution in [3.05, 3.63) is 0 Å². The fourth-order valence-electron chi connectivity index (χ4n) is 7.40. The van der Waals surface area contributed by atoms with Crippen LogP contribution in [-0.2, 0) is 10.0 Å². The second kappa shape index (κ2) is 11.0. The fourth-order valence-corrected chi connectivity index (χ4v) is 9.21. The third kappa shape index (κ3) is 6.07. The van der Waals surface area contributed by atoms with Gasteiger partial charge < -0.3 is 15.1 Å². The van der Waals surface area contributed by atoms with Gasteiger partial charge in [0.25, 0.3) is 0 Å². The number of fused-ring (bicyclic) bond motifs is 3. The van der Waals surface area contributed by atoms with Crippen molar-refractivity contribution in [3.8, 4) is 0 Å². The second-order valence-electron chi connectivity index (χ2n) is 11.5. The molecule has 1 saturated carbocycles. The van der Waals surface area contributed by atoms with E-state index in [1.54, 1.807) is 4.90 Å². The molecule has 7 nitrogen and oxygen atoms in total. The van der Waals surface area contributed by atoms with E-state index in [0.29, 0.717) is 25.4 Å². The summed E-state index contributed by atoms with van der Waals surface area (Å²) in [5.41, 5.74) is 0. The predicted octanol–water partition coefficient (Wildman–Crippen LogP) is -0.560. The Balaban J connectivity index is 1.06. The summed E-state index contributed by atoms with van der Waals surface area (Å²) in [6.45, 7) is 10.5. The molecule has 190 valence electrons. The summed E-state index contributed by atoms with van der Waals surface area (Å²) in [4.78, 5) is 7.08. The lowest BCUT2D eigenvalue weighted by Gasteiger charge is -2.49. The Bertz CT molecular complexity index is 733. The van der Waals surface area contributed by atoms with Gasteiger partial charge in [-0.05, 0) is 44.4 Å². The average Bonchev–Trinajstić information content (AvgIpc) is 2.85. The molecule has 6 fully saturated rings. The Labute approximate surface area is 206 Å². The van der Waals surface area contributed by atoms with E-state index < -0.39 is 10.0 Å². The largest absolute Gasteiger partial charge is 0.331 e. The molecule has 0 amide bonds. The van der Waals surface area contributed by atoms with Crippen molar-refractivity contribution in [1.82, 2.24) is 14.5 Å². The van der Waals surface area contributed by atoms with Crippen molar-refractivity contribution < 1.29 is 18.6 Å². The molecule has 0 spiro atoms. The first-order valence-corrected chi connectivity index (χ1v) is 15.7. The van der Waals surface area contributed by atoms with Gasteiger partial charge >= 0.3 is 0 Å². The van der Waals surface area contributed by atoms with Gasteiger partial charge in [-0.1, -0.05) is 0 Å². The Kier molecular flexibility index (Phi) is 8.22. The quantitative estimate of drug-likeness (QED) is 0.407. The Hall–Kier alpha value is 0.0400. The number of alkyl halides is 1. The zero-order chi connectivity index (χ0) is 22.8. The molecule has 2 unspecified atom stereocenters. The first-order chi connectivity index (χ1) is 16.0. The van der Waals surface area contributed by atoms with E-state index in [0.717, 1.165) is 30.8 Å². The number of quaternary nitrogens is 2. The predicted molar refractivity (Wildman–Crippen MR) is 132 cm³/mol. The number of sulfonamides is 1. The molecule has 5 saturated heterocycles. The number of halogens is 1. The zero-order valence-corrected chi connectivity index (χ0v) is 21.8. The number of nitrogens with two attached hydrogens (primary N) is 1. The van der Waals surface area contributed by atoms with Gasteiger partial charge in [0, 0.05) is 63.3 Å². The van der Waals surface area contributed by atoms with Crippen LogP contribution in [0.25, 0.3) is 0 Å². The summed E-state index contributed by atoms with van der Waals surface area (Å²) in [6.07, 6.45) is 10.5. The number of hydrogen-bond acceptors (Lipinski definition) is 4. The highest BCUT2D eigenvalue weighted by Gasteiger charge is 2.44. The minimum atomic E-state index is -3.21. The fraction of sp³-hybridized carbons (Fsp3) is 1.00. The molecule has 1 aliphatic carbocycles. The molecule has 9 heteroatoms. The number of nitrogens with zero attached hydrogens (tertiary/aromatic N) is 2. The monoisotopic (exact) mass is 503 g/mol. The molecular formula is C24H46ClN5O2S+2. The van der Waals surface area contributed by atoms with Crippen LogP contribution in [-0.4, -0.2) is 100.0 Å². The first-order valence-electron chi connectivity index (χ1n) is 13.7. The smallest absolute Gasteiger partial charge is 0.214 e. The van der Waals surface area contributed by atoms with Gasteiger partial charge in [0.1, 0.15) is 12.2 Å². The number of rotatable bonds is 7. The maximum absolute atomic E-state index is 12.8. The molecule has 5 aliphatic heterocycles. The molecular weight excluding hydrogens is 458 g/mol. The summed E-state index contributed by atoms with van der Waals surface area (Å²) in [6, 6.07) is 0.456. The Morgan fingerprint density at radius 3 is 2.45 bits per heavy atom. The molecule has 0 radical (unpaired) electrons. The van der Waals surface area contributed by atoms with E-state index in [1.807, 2.05) is 0 Å². The van der Waals surface area contributed by atoms with Crippen LogP contribution in [0.2, 0.25) is 0 Å². The molecule has 6 rings (SSSR count). The summed E-state index contributed by atoms with van der Waals surface area (Å²) >= 11 is 6.17. The van der Waals surface area contributed by atoms with Crippen molar-refractivity contribution in [3.63, 3.8) is 0 Å². The molecule has 2 bridgehead atoms. The maximum atomic E-state index is 12.8. The van der Waals surface area contributed by atoms with Gasteiger partial charge in [-0.2, -0.15) is 0 Å². The number of hydrogen-bond donors (Lipinski definition) is 3. The van der Waals surface area contributed by atoms with E-state index in [1.165, 1.54) is 84.5 Å². The van der Waals surface area contributed by atoms with Gasteiger partial charge in [-0.3, -0.25) is 4.90 Å². The lowest BCUT2D eigenvalue weighted by atomic mass is 9.75. The van der Waals surface area contributed by atoms with Crippen LogP contribution in [0, 0.1) is 11.8 Å². The Morgan fingerprint density at radius 2 is 1.79 bits per heavy atom. The highest BCUT2D eigenvalue weighted by Crippen LogP contribution is 2.29. The van der Waals surface area contributed by atoms with Crippen molar-refractivity contribution in [2.75, 3.05) is 58.9 Å². The summed E-state index contributed by atoms with van der Waals surface area (Å²) in [5, 5.41) is 2.48. The SMILES string of the molecule is O=S(=O)(NC[C@H]1C[C@@H]2CC[NH+]1C[C@H]2CN1CCN(C2CCCC[NH2+]2)CC1)C1CCC(Cl)CC1. The van der Waals surface area contributed by atoms with E-state index in [9.17, 15) is 8.42 Å². The van der Waals surface area contributed by atoms with Crippen molar-refractivity contribution in [1.29, 1.82) is 0 Å². The van der Waals surface area contributed by atoms with Crippen molar-refractivity contribution in [2.24, 2.45) is 11.8 Å². The van der Waals surface area contributed by atoms with Gasteiger partial charge in [-0.25, -0.2) is 13.1 Å². The second-order valence-corrected chi connectivity index (χ2v) is 14.2. The number of piperidine rings is 4. The van der Waals surface area contributed by atoms with E-state index in [-0.39, 0.29) is 10.6 Å². The van der Waals surface area contributed by atoms with Gasteiger partial charge in [0.05, 0.1) is 31.4 Å². The normalized spacial score (nSPS) is 41.3. The van der Waals surface area contributed by atoms with Gasteiger partial charge in [0.2, 0.25) is 10.0 Å².